The Morgan fingerprint density at radius 3 is 2.86 bits per heavy atom. The van der Waals surface area contributed by atoms with Crippen molar-refractivity contribution in [2.24, 2.45) is 5.10 Å². The maximum Gasteiger partial charge on any atom is 0.287 e. The standard InChI is InChI=1S/C13H11IN4O4/c1-22-11-5-8(4-10(14)13(11)19)6-16-17-12-3-2-9(7-15-12)18(20)21/h2-7,19H,1H3,(H,15,17)/b16-6+. The van der Waals surface area contributed by atoms with E-state index in [0.717, 1.165) is 6.20 Å². The van der Waals surface area contributed by atoms with E-state index < -0.39 is 4.92 Å². The van der Waals surface area contributed by atoms with E-state index >= 15 is 0 Å². The van der Waals surface area contributed by atoms with Crippen molar-refractivity contribution in [1.82, 2.24) is 4.98 Å². The van der Waals surface area contributed by atoms with Crippen LogP contribution in [0.1, 0.15) is 5.56 Å². The molecule has 0 bridgehead atoms. The van der Waals surface area contributed by atoms with Crippen LogP contribution in [0.5, 0.6) is 11.5 Å². The molecule has 1 aromatic carbocycles. The summed E-state index contributed by atoms with van der Waals surface area (Å²) < 4.78 is 5.68. The molecule has 114 valence electrons. The van der Waals surface area contributed by atoms with Crippen molar-refractivity contribution in [2.75, 3.05) is 12.5 Å². The predicted molar refractivity (Wildman–Crippen MR) is 89.5 cm³/mol. The maximum atomic E-state index is 10.5. The summed E-state index contributed by atoms with van der Waals surface area (Å²) in [7, 11) is 1.46. The molecule has 0 aliphatic carbocycles. The average molecular weight is 414 g/mol. The van der Waals surface area contributed by atoms with E-state index in [0.29, 0.717) is 20.7 Å². The van der Waals surface area contributed by atoms with Crippen molar-refractivity contribution in [3.05, 3.63) is 49.7 Å². The molecule has 1 heterocycles. The minimum Gasteiger partial charge on any atom is -0.504 e. The number of rotatable bonds is 5. The Kier molecular flexibility index (Phi) is 5.09. The van der Waals surface area contributed by atoms with E-state index in [9.17, 15) is 15.2 Å². The Balaban J connectivity index is 2.09. The first-order valence-corrected chi connectivity index (χ1v) is 7.05. The van der Waals surface area contributed by atoms with Crippen LogP contribution in [0.25, 0.3) is 0 Å². The molecule has 0 amide bonds. The predicted octanol–water partition coefficient (Wildman–Crippen LogP) is 2.75. The summed E-state index contributed by atoms with van der Waals surface area (Å²) in [6, 6.07) is 6.15. The molecule has 1 aromatic heterocycles. The number of nitrogens with one attached hydrogen (secondary N) is 1. The fourth-order valence-electron chi connectivity index (χ4n) is 1.56. The second kappa shape index (κ2) is 7.02. The summed E-state index contributed by atoms with van der Waals surface area (Å²) in [4.78, 5) is 13.9. The number of methoxy groups -OCH3 is 1. The third kappa shape index (κ3) is 3.81. The molecular weight excluding hydrogens is 403 g/mol. The van der Waals surface area contributed by atoms with E-state index in [1.165, 1.54) is 25.5 Å². The van der Waals surface area contributed by atoms with Gasteiger partial charge >= 0.3 is 0 Å². The Morgan fingerprint density at radius 2 is 2.27 bits per heavy atom. The number of hydrogen-bond acceptors (Lipinski definition) is 7. The topological polar surface area (TPSA) is 110 Å². The zero-order valence-electron chi connectivity index (χ0n) is 11.4. The molecule has 0 radical (unpaired) electrons. The molecule has 22 heavy (non-hydrogen) atoms. The number of pyridine rings is 1. The van der Waals surface area contributed by atoms with Crippen molar-refractivity contribution in [3.8, 4) is 11.5 Å². The Morgan fingerprint density at radius 1 is 1.50 bits per heavy atom. The molecule has 2 rings (SSSR count). The number of aromatic hydroxyl groups is 1. The smallest absolute Gasteiger partial charge is 0.287 e. The molecule has 0 aliphatic rings. The Bertz CT molecular complexity index is 719. The number of aromatic nitrogens is 1. The molecular formula is C13H11IN4O4. The number of phenols is 1. The third-order valence-corrected chi connectivity index (χ3v) is 3.44. The Hall–Kier alpha value is -2.43. The summed E-state index contributed by atoms with van der Waals surface area (Å²) in [5.74, 6) is 0.800. The lowest BCUT2D eigenvalue weighted by Crippen LogP contribution is -1.96. The van der Waals surface area contributed by atoms with Gasteiger partial charge in [0, 0.05) is 6.07 Å². The molecule has 8 nitrogen and oxygen atoms in total. The van der Waals surface area contributed by atoms with Gasteiger partial charge in [-0.25, -0.2) is 4.98 Å². The molecule has 0 fully saturated rings. The van der Waals surface area contributed by atoms with Gasteiger partial charge in [0.2, 0.25) is 0 Å². The van der Waals surface area contributed by atoms with E-state index in [1.54, 1.807) is 12.1 Å². The van der Waals surface area contributed by atoms with Crippen LogP contribution < -0.4 is 10.2 Å². The fraction of sp³-hybridized carbons (Fsp3) is 0.0769. The summed E-state index contributed by atoms with van der Waals surface area (Å²) >= 11 is 1.98. The molecule has 0 atom stereocenters. The highest BCUT2D eigenvalue weighted by Gasteiger charge is 2.07. The van der Waals surface area contributed by atoms with Gasteiger partial charge in [-0.1, -0.05) is 0 Å². The molecule has 0 unspecified atom stereocenters. The van der Waals surface area contributed by atoms with Gasteiger partial charge in [0.25, 0.3) is 5.69 Å². The van der Waals surface area contributed by atoms with Crippen LogP contribution >= 0.6 is 22.6 Å². The van der Waals surface area contributed by atoms with Gasteiger partial charge in [-0.2, -0.15) is 5.10 Å². The van der Waals surface area contributed by atoms with Crippen LogP contribution in [0.2, 0.25) is 0 Å². The number of nitro groups is 1. The van der Waals surface area contributed by atoms with Crippen molar-refractivity contribution < 1.29 is 14.8 Å². The largest absolute Gasteiger partial charge is 0.504 e. The lowest BCUT2D eigenvalue weighted by Gasteiger charge is -2.06. The SMILES string of the molecule is COc1cc(/C=N/Nc2ccc([N+](=O)[O-])cn2)cc(I)c1O. The zero-order chi connectivity index (χ0) is 16.1. The lowest BCUT2D eigenvalue weighted by atomic mass is 10.2. The normalized spacial score (nSPS) is 10.6. The fourth-order valence-corrected chi connectivity index (χ4v) is 2.18. The van der Waals surface area contributed by atoms with Crippen molar-refractivity contribution in [3.63, 3.8) is 0 Å². The first-order chi connectivity index (χ1) is 10.5. The van der Waals surface area contributed by atoms with Crippen LogP contribution in [0.15, 0.2) is 35.6 Å². The van der Waals surface area contributed by atoms with Gasteiger partial charge in [-0.05, 0) is 46.4 Å². The number of benzene rings is 1. The highest BCUT2D eigenvalue weighted by atomic mass is 127. The van der Waals surface area contributed by atoms with Gasteiger partial charge in [0.05, 0.1) is 21.8 Å². The van der Waals surface area contributed by atoms with Crippen LogP contribution in [-0.2, 0) is 0 Å². The highest BCUT2D eigenvalue weighted by Crippen LogP contribution is 2.31. The van der Waals surface area contributed by atoms with Crippen molar-refractivity contribution in [1.29, 1.82) is 0 Å². The minimum absolute atomic E-state index is 0.0743. The van der Waals surface area contributed by atoms with Gasteiger partial charge in [-0.3, -0.25) is 15.5 Å². The van der Waals surface area contributed by atoms with Crippen molar-refractivity contribution >= 4 is 40.3 Å². The number of hydrogen-bond donors (Lipinski definition) is 2. The maximum absolute atomic E-state index is 10.5. The second-order valence-corrected chi connectivity index (χ2v) is 5.24. The monoisotopic (exact) mass is 414 g/mol. The average Bonchev–Trinajstić information content (AvgIpc) is 2.51. The van der Waals surface area contributed by atoms with E-state index in [2.05, 4.69) is 15.5 Å². The molecule has 0 spiro atoms. The first-order valence-electron chi connectivity index (χ1n) is 5.97. The van der Waals surface area contributed by atoms with Crippen LogP contribution in [-0.4, -0.2) is 28.3 Å². The molecule has 2 aromatic rings. The number of halogens is 1. The molecule has 0 aliphatic heterocycles. The van der Waals surface area contributed by atoms with Gasteiger partial charge in [0.1, 0.15) is 12.0 Å². The molecule has 2 N–H and O–H groups in total. The first kappa shape index (κ1) is 15.9. The zero-order valence-corrected chi connectivity index (χ0v) is 13.5. The molecule has 0 saturated heterocycles. The summed E-state index contributed by atoms with van der Waals surface area (Å²) in [6.07, 6.45) is 2.66. The number of anilines is 1. The molecule has 9 heteroatoms. The number of nitrogens with zero attached hydrogens (tertiary/aromatic N) is 3. The van der Waals surface area contributed by atoms with Crippen LogP contribution in [0, 0.1) is 13.7 Å². The quantitative estimate of drug-likeness (QED) is 0.337. The summed E-state index contributed by atoms with van der Waals surface area (Å²) in [6.45, 7) is 0. The van der Waals surface area contributed by atoms with Gasteiger partial charge < -0.3 is 9.84 Å². The van der Waals surface area contributed by atoms with E-state index in [4.69, 9.17) is 4.74 Å². The minimum atomic E-state index is -0.523. The number of ether oxygens (including phenoxy) is 1. The molecule has 0 saturated carbocycles. The van der Waals surface area contributed by atoms with Gasteiger partial charge in [-0.15, -0.1) is 0 Å². The van der Waals surface area contributed by atoms with Gasteiger partial charge in [0.15, 0.2) is 11.5 Å². The lowest BCUT2D eigenvalue weighted by molar-refractivity contribution is -0.385. The Labute approximate surface area is 139 Å². The van der Waals surface area contributed by atoms with E-state index in [-0.39, 0.29) is 11.4 Å². The van der Waals surface area contributed by atoms with Crippen LogP contribution in [0.4, 0.5) is 11.5 Å². The number of phenolic OH excluding ortho intramolecular Hbond substituents is 1. The van der Waals surface area contributed by atoms with Crippen molar-refractivity contribution in [2.45, 2.75) is 0 Å². The highest BCUT2D eigenvalue weighted by molar-refractivity contribution is 14.1. The number of hydrazone groups is 1. The summed E-state index contributed by atoms with van der Waals surface area (Å²) in [5.41, 5.74) is 3.29. The second-order valence-electron chi connectivity index (χ2n) is 4.08. The summed E-state index contributed by atoms with van der Waals surface area (Å²) in [5, 5.41) is 24.2. The van der Waals surface area contributed by atoms with E-state index in [1.807, 2.05) is 22.6 Å². The van der Waals surface area contributed by atoms with Crippen LogP contribution in [0.3, 0.4) is 0 Å². The third-order valence-electron chi connectivity index (χ3n) is 2.62.